The first kappa shape index (κ1) is 54.2. The number of aromatic nitrogens is 2. The van der Waals surface area contributed by atoms with Crippen LogP contribution in [0.3, 0.4) is 0 Å². The molecule has 0 unspecified atom stereocenters. The molecule has 0 aliphatic carbocycles. The highest BCUT2D eigenvalue weighted by molar-refractivity contribution is 7.98. The summed E-state index contributed by atoms with van der Waals surface area (Å²) in [5.74, 6) is -6.11. The molecule has 1 heterocycles. The SMILES string of the molecule is CSCC[C@H](NC(=O)[C@H](CC(C)C)NC(=O)[C@@H](Cc1cnc[nH]1)NC(=O)[C@H](Cc1ccccc1)NC(=O)[C@@H](CCSC)NC(=O)[C@@H](N)Cc1ccc(O)cc1)C(=O)N[C@@H](CC(=O)O)C(N)=O. The van der Waals surface area contributed by atoms with E-state index in [1.807, 2.05) is 20.1 Å². The van der Waals surface area contributed by atoms with Gasteiger partial charge in [-0.05, 0) is 78.9 Å². The first-order valence-electron chi connectivity index (χ1n) is 21.3. The van der Waals surface area contributed by atoms with Crippen LogP contribution in [0.15, 0.2) is 67.1 Å². The number of nitrogens with zero attached hydrogens (tertiary/aromatic N) is 1. The van der Waals surface area contributed by atoms with E-state index in [4.69, 9.17) is 11.5 Å². The zero-order valence-electron chi connectivity index (χ0n) is 37.4. The smallest absolute Gasteiger partial charge is 0.305 e. The number of primary amides is 1. The van der Waals surface area contributed by atoms with E-state index in [0.29, 0.717) is 28.3 Å². The Balaban J connectivity index is 1.89. The lowest BCUT2D eigenvalue weighted by Gasteiger charge is -2.28. The second kappa shape index (κ2) is 28.0. The summed E-state index contributed by atoms with van der Waals surface area (Å²) in [5, 5.41) is 34.8. The maximum atomic E-state index is 14.4. The van der Waals surface area contributed by atoms with Gasteiger partial charge in [0.05, 0.1) is 18.8 Å². The lowest BCUT2D eigenvalue weighted by molar-refractivity contribution is -0.140. The average Bonchev–Trinajstić information content (AvgIpc) is 3.79. The molecule has 3 aromatic rings. The van der Waals surface area contributed by atoms with Gasteiger partial charge >= 0.3 is 5.97 Å². The lowest BCUT2D eigenvalue weighted by atomic mass is 10.0. The number of nitrogens with one attached hydrogen (secondary N) is 7. The number of aliphatic carboxylic acids is 1. The van der Waals surface area contributed by atoms with Crippen LogP contribution in [0.4, 0.5) is 0 Å². The second-order valence-electron chi connectivity index (χ2n) is 16.0. The minimum Gasteiger partial charge on any atom is -0.508 e. The van der Waals surface area contributed by atoms with Crippen molar-refractivity contribution in [3.05, 3.63) is 83.9 Å². The molecule has 0 aliphatic heterocycles. The average molecular weight is 955 g/mol. The number of phenolic OH excluding ortho intramolecular Hbond substituents is 1. The molecular formula is C44H62N10O10S2. The number of nitrogens with two attached hydrogens (primary N) is 2. The molecule has 0 bridgehead atoms. The van der Waals surface area contributed by atoms with Crippen molar-refractivity contribution in [1.29, 1.82) is 0 Å². The zero-order chi connectivity index (χ0) is 48.8. The van der Waals surface area contributed by atoms with Gasteiger partial charge in [0, 0.05) is 24.7 Å². The molecule has 66 heavy (non-hydrogen) atoms. The molecule has 2 aromatic carbocycles. The second-order valence-corrected chi connectivity index (χ2v) is 18.0. The molecule has 0 aliphatic rings. The molecule has 22 heteroatoms. The highest BCUT2D eigenvalue weighted by Gasteiger charge is 2.34. The number of thioether (sulfide) groups is 2. The van der Waals surface area contributed by atoms with Crippen molar-refractivity contribution in [1.82, 2.24) is 41.9 Å². The molecule has 0 radical (unpaired) electrons. The molecule has 1 aromatic heterocycles. The van der Waals surface area contributed by atoms with Gasteiger partial charge in [0.2, 0.25) is 41.4 Å². The van der Waals surface area contributed by atoms with Gasteiger partial charge in [-0.25, -0.2) is 4.98 Å². The van der Waals surface area contributed by atoms with Gasteiger partial charge in [-0.15, -0.1) is 0 Å². The maximum Gasteiger partial charge on any atom is 0.305 e. The third-order valence-corrected chi connectivity index (χ3v) is 11.4. The number of imidazole rings is 1. The van der Waals surface area contributed by atoms with E-state index in [9.17, 15) is 48.6 Å². The Bertz CT molecular complexity index is 2060. The number of carboxylic acids is 1. The number of carbonyl (C=O) groups is 8. The van der Waals surface area contributed by atoms with Gasteiger partial charge in [0.15, 0.2) is 0 Å². The van der Waals surface area contributed by atoms with Crippen molar-refractivity contribution in [3.63, 3.8) is 0 Å². The number of hydrogen-bond donors (Lipinski definition) is 11. The van der Waals surface area contributed by atoms with Crippen LogP contribution in [-0.2, 0) is 57.6 Å². The Kier molecular flexibility index (Phi) is 23.0. The Morgan fingerprint density at radius 3 is 1.61 bits per heavy atom. The largest absolute Gasteiger partial charge is 0.508 e. The van der Waals surface area contributed by atoms with Crippen molar-refractivity contribution in [2.24, 2.45) is 17.4 Å². The highest BCUT2D eigenvalue weighted by atomic mass is 32.2. The van der Waals surface area contributed by atoms with E-state index < -0.39 is 96.0 Å². The van der Waals surface area contributed by atoms with Crippen LogP contribution in [0, 0.1) is 5.92 Å². The van der Waals surface area contributed by atoms with Crippen molar-refractivity contribution < 1.29 is 48.6 Å². The van der Waals surface area contributed by atoms with Gasteiger partial charge in [-0.2, -0.15) is 23.5 Å². The first-order valence-corrected chi connectivity index (χ1v) is 24.0. The molecule has 20 nitrogen and oxygen atoms in total. The summed E-state index contributed by atoms with van der Waals surface area (Å²) in [6, 6.07) is 6.28. The summed E-state index contributed by atoms with van der Waals surface area (Å²) < 4.78 is 0. The maximum absolute atomic E-state index is 14.4. The van der Waals surface area contributed by atoms with E-state index in [0.717, 1.165) is 0 Å². The lowest BCUT2D eigenvalue weighted by Crippen LogP contribution is -2.60. The molecule has 7 amide bonds. The molecular weight excluding hydrogens is 893 g/mol. The van der Waals surface area contributed by atoms with Gasteiger partial charge in [-0.1, -0.05) is 56.3 Å². The highest BCUT2D eigenvalue weighted by Crippen LogP contribution is 2.13. The monoisotopic (exact) mass is 954 g/mol. The molecule has 7 atom stereocenters. The molecule has 3 rings (SSSR count). The number of carbonyl (C=O) groups excluding carboxylic acids is 7. The minimum atomic E-state index is -1.54. The van der Waals surface area contributed by atoms with E-state index in [2.05, 4.69) is 41.9 Å². The van der Waals surface area contributed by atoms with E-state index in [1.54, 1.807) is 48.7 Å². The fourth-order valence-electron chi connectivity index (χ4n) is 6.61. The summed E-state index contributed by atoms with van der Waals surface area (Å²) in [5.41, 5.74) is 13.4. The number of benzene rings is 2. The molecule has 360 valence electrons. The first-order chi connectivity index (χ1) is 31.4. The standard InChI is InChI=1S/C44H62N10O10S2/c1-25(2)18-34(42(62)50-32(15-17-66-4)40(60)51-33(38(46)58)22-37(56)57)52-44(64)36(21-28-23-47-24-48-28)54-43(63)35(20-26-8-6-5-7-9-26)53-41(61)31(14-16-65-3)49-39(59)30(45)19-27-10-12-29(55)13-11-27/h5-13,23-25,30-36,55H,14-22,45H2,1-4H3,(H2,46,58)(H,47,48)(H,49,59)(H,50,62)(H,51,60)(H,52,64)(H,53,61)(H,54,63)(H,56,57)/t30-,31+,32-,33-,34-,35-,36+/m0/s1. The number of amides is 7. The van der Waals surface area contributed by atoms with E-state index in [1.165, 1.54) is 48.2 Å². The topological polar surface area (TPSA) is 330 Å². The Morgan fingerprint density at radius 2 is 1.11 bits per heavy atom. The third-order valence-electron chi connectivity index (χ3n) is 10.1. The number of H-pyrrole nitrogens is 1. The Morgan fingerprint density at radius 1 is 0.636 bits per heavy atom. The zero-order valence-corrected chi connectivity index (χ0v) is 39.0. The summed E-state index contributed by atoms with van der Waals surface area (Å²) in [6.07, 6.45) is 6.05. The van der Waals surface area contributed by atoms with Gasteiger partial charge in [0.25, 0.3) is 0 Å². The molecule has 13 N–H and O–H groups in total. The minimum absolute atomic E-state index is 0.0126. The predicted molar refractivity (Wildman–Crippen MR) is 251 cm³/mol. The molecule has 0 fully saturated rings. The number of rotatable bonds is 29. The van der Waals surface area contributed by atoms with Crippen molar-refractivity contribution in [2.45, 2.75) is 101 Å². The van der Waals surface area contributed by atoms with Crippen molar-refractivity contribution >= 4 is 70.8 Å². The van der Waals surface area contributed by atoms with Crippen LogP contribution in [0.2, 0.25) is 0 Å². The van der Waals surface area contributed by atoms with E-state index in [-0.39, 0.29) is 50.2 Å². The van der Waals surface area contributed by atoms with Crippen molar-refractivity contribution in [2.75, 3.05) is 24.0 Å². The molecule has 0 saturated heterocycles. The molecule has 0 spiro atoms. The Hall–Kier alpha value is -6.13. The Labute approximate surface area is 392 Å². The van der Waals surface area contributed by atoms with Crippen LogP contribution in [0.5, 0.6) is 5.75 Å². The molecule has 0 saturated carbocycles. The number of aromatic hydroxyl groups is 1. The van der Waals surface area contributed by atoms with Crippen LogP contribution >= 0.6 is 23.5 Å². The summed E-state index contributed by atoms with van der Waals surface area (Å²) in [6.45, 7) is 3.62. The predicted octanol–water partition coefficient (Wildman–Crippen LogP) is -0.108. The summed E-state index contributed by atoms with van der Waals surface area (Å²) >= 11 is 2.82. The van der Waals surface area contributed by atoms with Crippen LogP contribution in [0.25, 0.3) is 0 Å². The summed E-state index contributed by atoms with van der Waals surface area (Å²) in [7, 11) is 0. The fraction of sp³-hybridized carbons (Fsp3) is 0.477. The van der Waals surface area contributed by atoms with Crippen molar-refractivity contribution in [3.8, 4) is 5.75 Å². The van der Waals surface area contributed by atoms with Gasteiger partial charge in [-0.3, -0.25) is 38.4 Å². The number of carboxylic acid groups (broad SMARTS) is 1. The number of aromatic amines is 1. The number of phenols is 1. The summed E-state index contributed by atoms with van der Waals surface area (Å²) in [4.78, 5) is 114. The van der Waals surface area contributed by atoms with E-state index >= 15 is 0 Å². The van der Waals surface area contributed by atoms with Gasteiger partial charge < -0.3 is 58.6 Å². The third kappa shape index (κ3) is 19.1. The number of hydrogen-bond acceptors (Lipinski definition) is 13. The van der Waals surface area contributed by atoms with Crippen LogP contribution < -0.4 is 43.4 Å². The fourth-order valence-corrected chi connectivity index (χ4v) is 7.56. The van der Waals surface area contributed by atoms with Crippen LogP contribution in [-0.4, -0.2) is 134 Å². The van der Waals surface area contributed by atoms with Gasteiger partial charge in [0.1, 0.15) is 42.0 Å². The van der Waals surface area contributed by atoms with Crippen LogP contribution in [0.1, 0.15) is 56.4 Å². The normalized spacial score (nSPS) is 14.3. The quantitative estimate of drug-likeness (QED) is 0.0433.